The molecular formula is C23H24N2O5. The Bertz CT molecular complexity index is 1020. The van der Waals surface area contributed by atoms with Crippen molar-refractivity contribution in [1.29, 1.82) is 0 Å². The molecule has 2 N–H and O–H groups in total. The summed E-state index contributed by atoms with van der Waals surface area (Å²) in [6.45, 7) is 4.67. The van der Waals surface area contributed by atoms with E-state index in [4.69, 9.17) is 4.74 Å². The highest BCUT2D eigenvalue weighted by atomic mass is 16.5. The number of amides is 1. The maximum Gasteiger partial charge on any atom is 0.256 e. The number of aliphatic hydroxyl groups excluding tert-OH is 1. The Morgan fingerprint density at radius 1 is 1.03 bits per heavy atom. The Kier molecular flexibility index (Phi) is 5.40. The lowest BCUT2D eigenvalue weighted by Gasteiger charge is -2.36. The van der Waals surface area contributed by atoms with Crippen LogP contribution in [-0.2, 0) is 4.74 Å². The molecule has 0 aromatic heterocycles. The van der Waals surface area contributed by atoms with Crippen molar-refractivity contribution >= 4 is 23.2 Å². The largest absolute Gasteiger partial charge is 0.395 e. The molecule has 1 amide bonds. The summed E-state index contributed by atoms with van der Waals surface area (Å²) in [7, 11) is 0. The number of anilines is 1. The van der Waals surface area contributed by atoms with Gasteiger partial charge in [0, 0.05) is 36.3 Å². The summed E-state index contributed by atoms with van der Waals surface area (Å²) in [5, 5.41) is 12.3. The number of morpholine rings is 1. The third-order valence-electron chi connectivity index (χ3n) is 5.44. The zero-order valence-electron chi connectivity index (χ0n) is 17.0. The number of hydrogen-bond acceptors (Lipinski definition) is 6. The standard InChI is InChI=1S/C23H24N2O5/c1-13-11-25(12-14(2)30-13)23(29)18-8-7-17-19(20(18)24-9-10-26)22(28)16-6-4-3-5-15(16)21(17)27/h3-8,13-14,24,26H,9-12H2,1-2H3/t13-,14-/m1/s1. The van der Waals surface area contributed by atoms with Gasteiger partial charge in [-0.05, 0) is 26.0 Å². The smallest absolute Gasteiger partial charge is 0.256 e. The average Bonchev–Trinajstić information content (AvgIpc) is 2.74. The first kappa shape index (κ1) is 20.3. The summed E-state index contributed by atoms with van der Waals surface area (Å²) in [5.74, 6) is -0.793. The second kappa shape index (κ2) is 8.01. The predicted octanol–water partition coefficient (Wildman–Crippen LogP) is 2.12. The van der Waals surface area contributed by atoms with Gasteiger partial charge in [-0.15, -0.1) is 0 Å². The van der Waals surface area contributed by atoms with E-state index in [0.29, 0.717) is 35.5 Å². The van der Waals surface area contributed by atoms with E-state index in [2.05, 4.69) is 5.32 Å². The number of aliphatic hydroxyl groups is 1. The number of hydrogen-bond donors (Lipinski definition) is 2. The number of fused-ring (bicyclic) bond motifs is 2. The highest BCUT2D eigenvalue weighted by Crippen LogP contribution is 2.35. The van der Waals surface area contributed by atoms with Crippen LogP contribution in [0, 0.1) is 0 Å². The van der Waals surface area contributed by atoms with E-state index in [-0.39, 0.29) is 54.0 Å². The maximum absolute atomic E-state index is 13.4. The van der Waals surface area contributed by atoms with Crippen molar-refractivity contribution < 1.29 is 24.2 Å². The van der Waals surface area contributed by atoms with Crippen molar-refractivity contribution in [3.63, 3.8) is 0 Å². The molecule has 0 bridgehead atoms. The van der Waals surface area contributed by atoms with Crippen LogP contribution < -0.4 is 5.32 Å². The minimum absolute atomic E-state index is 0.0979. The van der Waals surface area contributed by atoms with Crippen molar-refractivity contribution in [1.82, 2.24) is 4.90 Å². The molecule has 156 valence electrons. The third kappa shape index (κ3) is 3.40. The van der Waals surface area contributed by atoms with E-state index >= 15 is 0 Å². The topological polar surface area (TPSA) is 95.9 Å². The number of ketones is 2. The van der Waals surface area contributed by atoms with Gasteiger partial charge in [0.15, 0.2) is 11.6 Å². The third-order valence-corrected chi connectivity index (χ3v) is 5.44. The Morgan fingerprint density at radius 3 is 2.30 bits per heavy atom. The Balaban J connectivity index is 1.82. The molecule has 1 aliphatic carbocycles. The van der Waals surface area contributed by atoms with Crippen LogP contribution in [0.5, 0.6) is 0 Å². The van der Waals surface area contributed by atoms with Crippen molar-refractivity contribution in [3.05, 3.63) is 64.2 Å². The molecular weight excluding hydrogens is 384 g/mol. The van der Waals surface area contributed by atoms with Gasteiger partial charge >= 0.3 is 0 Å². The van der Waals surface area contributed by atoms with Gasteiger partial charge in [-0.25, -0.2) is 0 Å². The lowest BCUT2D eigenvalue weighted by molar-refractivity contribution is -0.0585. The molecule has 2 aromatic carbocycles. The lowest BCUT2D eigenvalue weighted by Crippen LogP contribution is -2.48. The summed E-state index contributed by atoms with van der Waals surface area (Å²) in [6, 6.07) is 9.82. The Hall–Kier alpha value is -3.03. The molecule has 7 nitrogen and oxygen atoms in total. The highest BCUT2D eigenvalue weighted by Gasteiger charge is 2.35. The van der Waals surface area contributed by atoms with E-state index in [1.807, 2.05) is 13.8 Å². The summed E-state index contributed by atoms with van der Waals surface area (Å²) in [5.41, 5.74) is 1.74. The predicted molar refractivity (Wildman–Crippen MR) is 111 cm³/mol. The summed E-state index contributed by atoms with van der Waals surface area (Å²) >= 11 is 0. The van der Waals surface area contributed by atoms with Crippen molar-refractivity contribution in [2.24, 2.45) is 0 Å². The van der Waals surface area contributed by atoms with Crippen LogP contribution in [0.25, 0.3) is 0 Å². The van der Waals surface area contributed by atoms with E-state index in [1.165, 1.54) is 0 Å². The van der Waals surface area contributed by atoms with Crippen LogP contribution in [0.3, 0.4) is 0 Å². The minimum Gasteiger partial charge on any atom is -0.395 e. The summed E-state index contributed by atoms with van der Waals surface area (Å²) in [6.07, 6.45) is -0.196. The van der Waals surface area contributed by atoms with Crippen LogP contribution in [0.15, 0.2) is 36.4 Å². The first-order chi connectivity index (χ1) is 14.4. The second-order valence-electron chi connectivity index (χ2n) is 7.73. The molecule has 2 atom stereocenters. The number of carbonyl (C=O) groups excluding carboxylic acids is 3. The number of benzene rings is 2. The minimum atomic E-state index is -0.306. The molecule has 30 heavy (non-hydrogen) atoms. The number of ether oxygens (including phenoxy) is 1. The molecule has 2 aromatic rings. The zero-order chi connectivity index (χ0) is 21.4. The number of carbonyl (C=O) groups is 3. The van der Waals surface area contributed by atoms with Gasteiger partial charge in [0.25, 0.3) is 5.91 Å². The van der Waals surface area contributed by atoms with Crippen LogP contribution in [0.4, 0.5) is 5.69 Å². The molecule has 4 rings (SSSR count). The molecule has 1 saturated heterocycles. The highest BCUT2D eigenvalue weighted by molar-refractivity contribution is 6.31. The van der Waals surface area contributed by atoms with Crippen LogP contribution >= 0.6 is 0 Å². The fourth-order valence-electron chi connectivity index (χ4n) is 4.24. The average molecular weight is 408 g/mol. The van der Waals surface area contributed by atoms with E-state index < -0.39 is 0 Å². The first-order valence-electron chi connectivity index (χ1n) is 10.1. The first-order valence-corrected chi connectivity index (χ1v) is 10.1. The van der Waals surface area contributed by atoms with Gasteiger partial charge in [-0.2, -0.15) is 0 Å². The van der Waals surface area contributed by atoms with Crippen LogP contribution in [-0.4, -0.2) is 65.9 Å². The second-order valence-corrected chi connectivity index (χ2v) is 7.73. The lowest BCUT2D eigenvalue weighted by atomic mass is 9.82. The van der Waals surface area contributed by atoms with Gasteiger partial charge in [-0.1, -0.05) is 24.3 Å². The summed E-state index contributed by atoms with van der Waals surface area (Å²) < 4.78 is 5.72. The molecule has 1 aliphatic heterocycles. The molecule has 2 aliphatic rings. The van der Waals surface area contributed by atoms with E-state index in [0.717, 1.165) is 0 Å². The quantitative estimate of drug-likeness (QED) is 0.687. The van der Waals surface area contributed by atoms with Crippen molar-refractivity contribution in [2.75, 3.05) is 31.6 Å². The van der Waals surface area contributed by atoms with Crippen LogP contribution in [0.2, 0.25) is 0 Å². The number of nitrogens with one attached hydrogen (secondary N) is 1. The molecule has 1 fully saturated rings. The molecule has 0 radical (unpaired) electrons. The fraction of sp³-hybridized carbons (Fsp3) is 0.348. The van der Waals surface area contributed by atoms with E-state index in [9.17, 15) is 19.5 Å². The molecule has 1 heterocycles. The normalized spacial score (nSPS) is 20.6. The monoisotopic (exact) mass is 408 g/mol. The molecule has 0 unspecified atom stereocenters. The number of nitrogens with zero attached hydrogens (tertiary/aromatic N) is 1. The van der Waals surface area contributed by atoms with Gasteiger partial charge in [0.1, 0.15) is 0 Å². The summed E-state index contributed by atoms with van der Waals surface area (Å²) in [4.78, 5) is 41.4. The van der Waals surface area contributed by atoms with E-state index in [1.54, 1.807) is 41.3 Å². The van der Waals surface area contributed by atoms with Crippen molar-refractivity contribution in [2.45, 2.75) is 26.1 Å². The Morgan fingerprint density at radius 2 is 1.67 bits per heavy atom. The SMILES string of the molecule is C[C@@H]1CN(C(=O)c2ccc3c(c2NCCO)C(=O)c2ccccc2C3=O)C[C@@H](C)O1. The van der Waals surface area contributed by atoms with Gasteiger partial charge < -0.3 is 20.1 Å². The molecule has 7 heteroatoms. The number of rotatable bonds is 4. The Labute approximate surface area is 174 Å². The maximum atomic E-state index is 13.4. The van der Waals surface area contributed by atoms with Crippen LogP contribution in [0.1, 0.15) is 56.0 Å². The molecule has 0 saturated carbocycles. The van der Waals surface area contributed by atoms with Crippen molar-refractivity contribution in [3.8, 4) is 0 Å². The van der Waals surface area contributed by atoms with Gasteiger partial charge in [0.2, 0.25) is 0 Å². The van der Waals surface area contributed by atoms with Gasteiger partial charge in [-0.3, -0.25) is 14.4 Å². The van der Waals surface area contributed by atoms with Gasteiger partial charge in [0.05, 0.1) is 35.6 Å². The molecule has 0 spiro atoms. The zero-order valence-corrected chi connectivity index (χ0v) is 17.0. The fourth-order valence-corrected chi connectivity index (χ4v) is 4.24.